The SMILES string of the molecule is CC(C)(C)NCc1noc(-c2ccc(F)cc2)n1. The van der Waals surface area contributed by atoms with Crippen LogP contribution in [-0.4, -0.2) is 15.7 Å². The fourth-order valence-corrected chi connectivity index (χ4v) is 1.38. The van der Waals surface area contributed by atoms with Crippen molar-refractivity contribution in [1.29, 1.82) is 0 Å². The first-order valence-electron chi connectivity index (χ1n) is 5.77. The largest absolute Gasteiger partial charge is 0.334 e. The van der Waals surface area contributed by atoms with Gasteiger partial charge in [0.25, 0.3) is 5.89 Å². The van der Waals surface area contributed by atoms with Crippen molar-refractivity contribution in [3.63, 3.8) is 0 Å². The summed E-state index contributed by atoms with van der Waals surface area (Å²) in [5, 5.41) is 7.14. The summed E-state index contributed by atoms with van der Waals surface area (Å²) in [6, 6.07) is 5.97. The number of hydrogen-bond acceptors (Lipinski definition) is 4. The Kier molecular flexibility index (Phi) is 3.43. The van der Waals surface area contributed by atoms with Crippen LogP contribution in [-0.2, 0) is 6.54 Å². The van der Waals surface area contributed by atoms with E-state index in [9.17, 15) is 4.39 Å². The van der Waals surface area contributed by atoms with Crippen molar-refractivity contribution in [1.82, 2.24) is 15.5 Å². The fourth-order valence-electron chi connectivity index (χ4n) is 1.38. The molecule has 0 unspecified atom stereocenters. The van der Waals surface area contributed by atoms with E-state index in [0.717, 1.165) is 0 Å². The molecule has 1 N–H and O–H groups in total. The molecule has 0 amide bonds. The Morgan fingerprint density at radius 3 is 2.50 bits per heavy atom. The third-order valence-corrected chi connectivity index (χ3v) is 2.34. The summed E-state index contributed by atoms with van der Waals surface area (Å²) < 4.78 is 17.9. The number of hydrogen-bond donors (Lipinski definition) is 1. The molecule has 5 heteroatoms. The number of aromatic nitrogens is 2. The Labute approximate surface area is 105 Å². The summed E-state index contributed by atoms with van der Waals surface area (Å²) >= 11 is 0. The van der Waals surface area contributed by atoms with Crippen LogP contribution in [0.2, 0.25) is 0 Å². The lowest BCUT2D eigenvalue weighted by Crippen LogP contribution is -2.35. The third-order valence-electron chi connectivity index (χ3n) is 2.34. The van der Waals surface area contributed by atoms with E-state index in [2.05, 4.69) is 36.2 Å². The van der Waals surface area contributed by atoms with Crippen LogP contribution in [0.4, 0.5) is 4.39 Å². The van der Waals surface area contributed by atoms with Gasteiger partial charge in [0.1, 0.15) is 5.82 Å². The minimum atomic E-state index is -0.284. The Morgan fingerprint density at radius 2 is 1.89 bits per heavy atom. The van der Waals surface area contributed by atoms with Crippen molar-refractivity contribution in [3.05, 3.63) is 35.9 Å². The van der Waals surface area contributed by atoms with E-state index in [1.165, 1.54) is 12.1 Å². The number of nitrogens with zero attached hydrogens (tertiary/aromatic N) is 2. The van der Waals surface area contributed by atoms with E-state index in [-0.39, 0.29) is 11.4 Å². The Morgan fingerprint density at radius 1 is 1.22 bits per heavy atom. The molecule has 1 aromatic carbocycles. The first-order valence-corrected chi connectivity index (χ1v) is 5.77. The first-order chi connectivity index (χ1) is 8.44. The lowest BCUT2D eigenvalue weighted by molar-refractivity contribution is 0.392. The van der Waals surface area contributed by atoms with Gasteiger partial charge in [0, 0.05) is 11.1 Å². The van der Waals surface area contributed by atoms with Gasteiger partial charge in [-0.2, -0.15) is 4.98 Å². The lowest BCUT2D eigenvalue weighted by Gasteiger charge is -2.18. The topological polar surface area (TPSA) is 51.0 Å². The zero-order valence-electron chi connectivity index (χ0n) is 10.7. The summed E-state index contributed by atoms with van der Waals surface area (Å²) in [5.74, 6) is 0.706. The minimum Gasteiger partial charge on any atom is -0.334 e. The molecule has 1 heterocycles. The zero-order valence-corrected chi connectivity index (χ0v) is 10.7. The van der Waals surface area contributed by atoms with Crippen LogP contribution in [0.1, 0.15) is 26.6 Å². The highest BCUT2D eigenvalue weighted by Crippen LogP contribution is 2.17. The molecular weight excluding hydrogens is 233 g/mol. The molecule has 4 nitrogen and oxygen atoms in total. The molecular formula is C13H16FN3O. The second-order valence-corrected chi connectivity index (χ2v) is 5.13. The van der Waals surface area contributed by atoms with Crippen LogP contribution in [0.25, 0.3) is 11.5 Å². The Hall–Kier alpha value is -1.75. The van der Waals surface area contributed by atoms with Gasteiger partial charge in [-0.15, -0.1) is 0 Å². The lowest BCUT2D eigenvalue weighted by atomic mass is 10.1. The number of nitrogens with one attached hydrogen (secondary N) is 1. The molecule has 0 saturated heterocycles. The van der Waals surface area contributed by atoms with E-state index in [1.807, 2.05) is 0 Å². The highest BCUT2D eigenvalue weighted by Gasteiger charge is 2.12. The Balaban J connectivity index is 2.08. The van der Waals surface area contributed by atoms with Crippen LogP contribution < -0.4 is 5.32 Å². The van der Waals surface area contributed by atoms with Crippen LogP contribution in [0.5, 0.6) is 0 Å². The molecule has 2 rings (SSSR count). The maximum absolute atomic E-state index is 12.8. The molecule has 96 valence electrons. The van der Waals surface area contributed by atoms with E-state index in [1.54, 1.807) is 12.1 Å². The van der Waals surface area contributed by atoms with Crippen LogP contribution in [0.15, 0.2) is 28.8 Å². The quantitative estimate of drug-likeness (QED) is 0.908. The molecule has 0 spiro atoms. The molecule has 0 aliphatic rings. The molecule has 1 aromatic heterocycles. The molecule has 0 saturated carbocycles. The molecule has 2 aromatic rings. The average Bonchev–Trinajstić information content (AvgIpc) is 2.75. The van der Waals surface area contributed by atoms with Gasteiger partial charge in [-0.1, -0.05) is 5.16 Å². The van der Waals surface area contributed by atoms with Crippen LogP contribution in [0.3, 0.4) is 0 Å². The summed E-state index contributed by atoms with van der Waals surface area (Å²) in [6.07, 6.45) is 0. The molecule has 0 bridgehead atoms. The van der Waals surface area contributed by atoms with Crippen molar-refractivity contribution < 1.29 is 8.91 Å². The number of benzene rings is 1. The van der Waals surface area contributed by atoms with Crippen LogP contribution >= 0.6 is 0 Å². The van der Waals surface area contributed by atoms with Gasteiger partial charge < -0.3 is 9.84 Å². The minimum absolute atomic E-state index is 0.00330. The highest BCUT2D eigenvalue weighted by atomic mass is 19.1. The van der Waals surface area contributed by atoms with Crippen molar-refractivity contribution in [2.24, 2.45) is 0 Å². The standard InChI is InChI=1S/C13H16FN3O/c1-13(2,3)15-8-11-16-12(18-17-11)9-4-6-10(14)7-5-9/h4-7,15H,8H2,1-3H3. The maximum Gasteiger partial charge on any atom is 0.257 e. The van der Waals surface area contributed by atoms with Gasteiger partial charge in [-0.25, -0.2) is 4.39 Å². The molecule has 0 aliphatic carbocycles. The van der Waals surface area contributed by atoms with Gasteiger partial charge in [0.05, 0.1) is 6.54 Å². The fraction of sp³-hybridized carbons (Fsp3) is 0.385. The molecule has 0 radical (unpaired) electrons. The van der Waals surface area contributed by atoms with E-state index < -0.39 is 0 Å². The van der Waals surface area contributed by atoms with Crippen LogP contribution in [0, 0.1) is 5.82 Å². The second-order valence-electron chi connectivity index (χ2n) is 5.13. The number of rotatable bonds is 3. The highest BCUT2D eigenvalue weighted by molar-refractivity contribution is 5.52. The maximum atomic E-state index is 12.8. The van der Waals surface area contributed by atoms with Gasteiger partial charge in [0.2, 0.25) is 0 Å². The average molecular weight is 249 g/mol. The predicted molar refractivity (Wildman–Crippen MR) is 66.3 cm³/mol. The summed E-state index contributed by atoms with van der Waals surface area (Å²) in [5.41, 5.74) is 0.710. The zero-order chi connectivity index (χ0) is 13.2. The first kappa shape index (κ1) is 12.7. The Bertz CT molecular complexity index is 514. The predicted octanol–water partition coefficient (Wildman–Crippen LogP) is 2.76. The van der Waals surface area contributed by atoms with Gasteiger partial charge in [-0.05, 0) is 45.0 Å². The molecule has 0 fully saturated rings. The van der Waals surface area contributed by atoms with E-state index in [4.69, 9.17) is 4.52 Å². The molecule has 0 atom stereocenters. The summed E-state index contributed by atoms with van der Waals surface area (Å²) in [7, 11) is 0. The van der Waals surface area contributed by atoms with E-state index >= 15 is 0 Å². The van der Waals surface area contributed by atoms with Gasteiger partial charge in [-0.3, -0.25) is 0 Å². The number of halogens is 1. The van der Waals surface area contributed by atoms with Gasteiger partial charge >= 0.3 is 0 Å². The molecule has 18 heavy (non-hydrogen) atoms. The monoisotopic (exact) mass is 249 g/mol. The van der Waals surface area contributed by atoms with Crippen molar-refractivity contribution >= 4 is 0 Å². The third kappa shape index (κ3) is 3.37. The van der Waals surface area contributed by atoms with Crippen molar-refractivity contribution in [2.45, 2.75) is 32.9 Å². The summed E-state index contributed by atoms with van der Waals surface area (Å²) in [4.78, 5) is 4.25. The molecule has 0 aliphatic heterocycles. The summed E-state index contributed by atoms with van der Waals surface area (Å²) in [6.45, 7) is 6.73. The smallest absolute Gasteiger partial charge is 0.257 e. The normalized spacial score (nSPS) is 11.8. The van der Waals surface area contributed by atoms with E-state index in [0.29, 0.717) is 23.8 Å². The van der Waals surface area contributed by atoms with Crippen molar-refractivity contribution in [2.75, 3.05) is 0 Å². The second kappa shape index (κ2) is 4.86. The van der Waals surface area contributed by atoms with Crippen molar-refractivity contribution in [3.8, 4) is 11.5 Å². The van der Waals surface area contributed by atoms with Gasteiger partial charge in [0.15, 0.2) is 5.82 Å².